The molecule has 0 saturated heterocycles. The molecule has 0 amide bonds. The van der Waals surface area contributed by atoms with Crippen LogP contribution in [0, 0.1) is 0 Å². The average molecular weight is 243 g/mol. The van der Waals surface area contributed by atoms with Crippen LogP contribution in [0.5, 0.6) is 0 Å². The molecule has 5 nitrogen and oxygen atoms in total. The van der Waals surface area contributed by atoms with Gasteiger partial charge in [0.2, 0.25) is 0 Å². The molecule has 0 aromatic carbocycles. The van der Waals surface area contributed by atoms with Crippen LogP contribution in [0.4, 0.5) is 0 Å². The normalized spacial score (nSPS) is 16.5. The molecule has 7 heteroatoms. The lowest BCUT2D eigenvalue weighted by Gasteiger charge is -2.08. The Kier molecular flexibility index (Phi) is 6.50. The molecule has 0 saturated carbocycles. The van der Waals surface area contributed by atoms with Crippen LogP contribution in [0.3, 0.4) is 0 Å². The van der Waals surface area contributed by atoms with Crippen molar-refractivity contribution in [3.05, 3.63) is 0 Å². The Hall–Kier alpha value is 0.0200. The van der Waals surface area contributed by atoms with E-state index >= 15 is 0 Å². The van der Waals surface area contributed by atoms with Gasteiger partial charge in [0.05, 0.1) is 5.75 Å². The van der Waals surface area contributed by atoms with Gasteiger partial charge in [-0.1, -0.05) is 0 Å². The van der Waals surface area contributed by atoms with E-state index in [4.69, 9.17) is 10.8 Å². The van der Waals surface area contributed by atoms with Gasteiger partial charge < -0.3 is 10.8 Å². The van der Waals surface area contributed by atoms with E-state index in [1.54, 1.807) is 0 Å². The van der Waals surface area contributed by atoms with Gasteiger partial charge in [-0.2, -0.15) is 0 Å². The van der Waals surface area contributed by atoms with Crippen molar-refractivity contribution in [3.8, 4) is 0 Å². The maximum atomic E-state index is 11.3. The van der Waals surface area contributed by atoms with Crippen molar-refractivity contribution >= 4 is 20.6 Å². The van der Waals surface area contributed by atoms with Gasteiger partial charge in [0.1, 0.15) is 9.84 Å². The maximum Gasteiger partial charge on any atom is 0.148 e. The monoisotopic (exact) mass is 243 g/mol. The Labute approximate surface area is 87.1 Å². The van der Waals surface area contributed by atoms with E-state index in [0.717, 1.165) is 6.26 Å². The van der Waals surface area contributed by atoms with Gasteiger partial charge in [-0.05, 0) is 6.42 Å². The minimum absolute atomic E-state index is 0.0373. The predicted molar refractivity (Wildman–Crippen MR) is 57.3 cm³/mol. The quantitative estimate of drug-likeness (QED) is 0.566. The van der Waals surface area contributed by atoms with E-state index in [2.05, 4.69) is 0 Å². The molecule has 14 heavy (non-hydrogen) atoms. The summed E-state index contributed by atoms with van der Waals surface area (Å²) in [5.41, 5.74) is 5.52. The summed E-state index contributed by atoms with van der Waals surface area (Å²) in [5.74, 6) is 0.291. The number of hydrogen-bond donors (Lipinski definition) is 2. The number of rotatable bonds is 7. The van der Waals surface area contributed by atoms with Crippen molar-refractivity contribution in [2.45, 2.75) is 12.5 Å². The number of hydrogen-bond acceptors (Lipinski definition) is 5. The summed E-state index contributed by atoms with van der Waals surface area (Å²) in [6, 6.07) is -0.319. The fourth-order valence-corrected chi connectivity index (χ4v) is 3.58. The first kappa shape index (κ1) is 14.0. The lowest BCUT2D eigenvalue weighted by Crippen LogP contribution is -2.30. The third-order valence-electron chi connectivity index (χ3n) is 1.58. The highest BCUT2D eigenvalue weighted by molar-refractivity contribution is 7.92. The first-order chi connectivity index (χ1) is 6.35. The maximum absolute atomic E-state index is 11.3. The fourth-order valence-electron chi connectivity index (χ4n) is 0.816. The fraction of sp³-hybridized carbons (Fsp3) is 1.00. The van der Waals surface area contributed by atoms with Crippen molar-refractivity contribution in [1.82, 2.24) is 0 Å². The second kappa shape index (κ2) is 6.49. The molecule has 0 aliphatic carbocycles. The number of aliphatic hydroxyl groups is 1. The lowest BCUT2D eigenvalue weighted by atomic mass is 10.3. The molecule has 0 heterocycles. The zero-order valence-electron chi connectivity index (χ0n) is 8.18. The molecule has 3 N–H and O–H groups in total. The zero-order chi connectivity index (χ0) is 11.2. The summed E-state index contributed by atoms with van der Waals surface area (Å²) >= 11 is 0. The van der Waals surface area contributed by atoms with Crippen LogP contribution in [0.2, 0.25) is 0 Å². The van der Waals surface area contributed by atoms with E-state index < -0.39 is 20.6 Å². The molecule has 0 rings (SSSR count). The van der Waals surface area contributed by atoms with Gasteiger partial charge in [-0.3, -0.25) is 4.21 Å². The summed E-state index contributed by atoms with van der Waals surface area (Å²) in [4.78, 5) is 0. The van der Waals surface area contributed by atoms with Gasteiger partial charge in [-0.25, -0.2) is 8.42 Å². The third kappa shape index (κ3) is 8.61. The lowest BCUT2D eigenvalue weighted by molar-refractivity contribution is 0.279. The number of sulfone groups is 1. The molecule has 0 radical (unpaired) electrons. The molecule has 86 valence electrons. The molecule has 2 unspecified atom stereocenters. The second-order valence-corrected chi connectivity index (χ2v) is 7.09. The van der Waals surface area contributed by atoms with Crippen LogP contribution in [0.1, 0.15) is 6.42 Å². The van der Waals surface area contributed by atoms with Crippen LogP contribution < -0.4 is 5.73 Å². The molecular weight excluding hydrogens is 226 g/mol. The smallest absolute Gasteiger partial charge is 0.148 e. The minimum atomic E-state index is -3.05. The molecular formula is C7H17NO4S2. The molecule has 0 spiro atoms. The van der Waals surface area contributed by atoms with Crippen molar-refractivity contribution in [1.29, 1.82) is 0 Å². The van der Waals surface area contributed by atoms with Crippen molar-refractivity contribution < 1.29 is 17.7 Å². The van der Waals surface area contributed by atoms with Gasteiger partial charge in [0.15, 0.2) is 0 Å². The van der Waals surface area contributed by atoms with Gasteiger partial charge in [0.25, 0.3) is 0 Å². The Balaban J connectivity index is 3.77. The van der Waals surface area contributed by atoms with Crippen molar-refractivity contribution in [2.75, 3.05) is 30.1 Å². The molecule has 0 aromatic rings. The number of nitrogens with two attached hydrogens (primary N) is 1. The highest BCUT2D eigenvalue weighted by Crippen LogP contribution is 1.94. The summed E-state index contributed by atoms with van der Waals surface area (Å²) in [5, 5.41) is 8.53. The largest absolute Gasteiger partial charge is 0.396 e. The molecule has 0 bridgehead atoms. The summed E-state index contributed by atoms with van der Waals surface area (Å²) in [6.07, 6.45) is 1.50. The molecule has 0 aliphatic rings. The average Bonchev–Trinajstić information content (AvgIpc) is 2.00. The van der Waals surface area contributed by atoms with Crippen molar-refractivity contribution in [3.63, 3.8) is 0 Å². The Bertz CT molecular complexity index is 275. The molecule has 0 aromatic heterocycles. The van der Waals surface area contributed by atoms with Gasteiger partial charge in [-0.15, -0.1) is 0 Å². The first-order valence-corrected chi connectivity index (χ1v) is 7.79. The van der Waals surface area contributed by atoms with E-state index in [9.17, 15) is 12.6 Å². The first-order valence-electron chi connectivity index (χ1n) is 4.24. The SMILES string of the molecule is CS(=O)(=O)CCS(=O)CC(N)CCO. The Morgan fingerprint density at radius 2 is 2.07 bits per heavy atom. The standard InChI is InChI=1S/C7H17NO4S2/c1-14(11,12)5-4-13(10)6-7(8)2-3-9/h7,9H,2-6,8H2,1H3. The Morgan fingerprint density at radius 1 is 1.50 bits per heavy atom. The van der Waals surface area contributed by atoms with E-state index in [1.165, 1.54) is 0 Å². The highest BCUT2D eigenvalue weighted by Gasteiger charge is 2.10. The van der Waals surface area contributed by atoms with E-state index in [-0.39, 0.29) is 29.9 Å². The van der Waals surface area contributed by atoms with Gasteiger partial charge in [0, 0.05) is 41.2 Å². The van der Waals surface area contributed by atoms with Crippen molar-refractivity contribution in [2.24, 2.45) is 5.73 Å². The molecule has 0 aliphatic heterocycles. The molecule has 2 atom stereocenters. The van der Waals surface area contributed by atoms with E-state index in [0.29, 0.717) is 6.42 Å². The highest BCUT2D eigenvalue weighted by atomic mass is 32.2. The zero-order valence-corrected chi connectivity index (χ0v) is 9.81. The third-order valence-corrected chi connectivity index (χ3v) is 4.25. The minimum Gasteiger partial charge on any atom is -0.396 e. The predicted octanol–water partition coefficient (Wildman–Crippen LogP) is -1.51. The van der Waals surface area contributed by atoms with Crippen LogP contribution in [0.15, 0.2) is 0 Å². The van der Waals surface area contributed by atoms with Crippen LogP contribution >= 0.6 is 0 Å². The van der Waals surface area contributed by atoms with Crippen LogP contribution in [0.25, 0.3) is 0 Å². The van der Waals surface area contributed by atoms with Gasteiger partial charge >= 0.3 is 0 Å². The summed E-state index contributed by atoms with van der Waals surface area (Å²) in [7, 11) is -4.26. The summed E-state index contributed by atoms with van der Waals surface area (Å²) in [6.45, 7) is -0.0373. The second-order valence-electron chi connectivity index (χ2n) is 3.21. The van der Waals surface area contributed by atoms with E-state index in [1.807, 2.05) is 0 Å². The van der Waals surface area contributed by atoms with Crippen LogP contribution in [-0.2, 0) is 20.6 Å². The van der Waals surface area contributed by atoms with Crippen LogP contribution in [-0.4, -0.2) is 53.9 Å². The summed E-state index contributed by atoms with van der Waals surface area (Å²) < 4.78 is 32.7. The topological polar surface area (TPSA) is 97.5 Å². The molecule has 0 fully saturated rings. The Morgan fingerprint density at radius 3 is 2.50 bits per heavy atom. The number of aliphatic hydroxyl groups excluding tert-OH is 1.